The van der Waals surface area contributed by atoms with E-state index in [0.717, 1.165) is 0 Å². The molecule has 0 bridgehead atoms. The fraction of sp³-hybridized carbons (Fsp3) is 1.00. The second-order valence-corrected chi connectivity index (χ2v) is 0.716. The van der Waals surface area contributed by atoms with E-state index in [4.69, 9.17) is 5.11 Å². The third kappa shape index (κ3) is 18.6. The fourth-order valence-electron chi connectivity index (χ4n) is 0.0913. The molecule has 0 aliphatic heterocycles. The van der Waals surface area contributed by atoms with Gasteiger partial charge >= 0.3 is 29.6 Å². The summed E-state index contributed by atoms with van der Waals surface area (Å²) in [4.78, 5) is 0. The van der Waals surface area contributed by atoms with Gasteiger partial charge in [0.1, 0.15) is 0 Å². The topological polar surface area (TPSA) is 29.5 Å². The standard InChI is InChI=1S/C3H8O2.Al.Na.4H/c1-5-3-2-4;;;;;;/h4H,2-3H2,1H3;;;;;;. The zero-order valence-electron chi connectivity index (χ0n) is 3.27. The number of hydrogen-bond donors (Lipinski definition) is 1. The maximum absolute atomic E-state index is 7.94. The quantitative estimate of drug-likeness (QED) is 0.429. The summed E-state index contributed by atoms with van der Waals surface area (Å²) in [5.74, 6) is 0. The van der Waals surface area contributed by atoms with Gasteiger partial charge in [0.05, 0.1) is 13.2 Å². The third-order valence-electron chi connectivity index (χ3n) is 0.295. The molecule has 0 aliphatic rings. The first-order valence-electron chi connectivity index (χ1n) is 1.51. The van der Waals surface area contributed by atoms with Gasteiger partial charge in [0.15, 0.2) is 17.4 Å². The van der Waals surface area contributed by atoms with Crippen molar-refractivity contribution in [2.24, 2.45) is 0 Å². The van der Waals surface area contributed by atoms with Crippen LogP contribution in [0.3, 0.4) is 0 Å². The van der Waals surface area contributed by atoms with Crippen molar-refractivity contribution in [2.45, 2.75) is 0 Å². The molecule has 0 heterocycles. The molecule has 0 aromatic carbocycles. The second kappa shape index (κ2) is 15.7. The monoisotopic (exact) mass is 130 g/mol. The summed E-state index contributed by atoms with van der Waals surface area (Å²) in [6.45, 7) is 0.566. The van der Waals surface area contributed by atoms with E-state index in [0.29, 0.717) is 6.61 Å². The minimum absolute atomic E-state index is 0. The molecule has 2 nitrogen and oxygen atoms in total. The molecule has 0 rings (SSSR count). The van der Waals surface area contributed by atoms with Crippen molar-refractivity contribution < 1.29 is 9.84 Å². The van der Waals surface area contributed by atoms with Crippen molar-refractivity contribution in [1.82, 2.24) is 0 Å². The molecule has 0 saturated heterocycles. The Kier molecular flexibility index (Phi) is 35.3. The normalized spacial score (nSPS) is 6.00. The molecule has 0 saturated carbocycles. The van der Waals surface area contributed by atoms with Crippen LogP contribution in [0.15, 0.2) is 0 Å². The first-order chi connectivity index (χ1) is 2.41. The van der Waals surface area contributed by atoms with Crippen LogP contribution in [0.5, 0.6) is 0 Å². The van der Waals surface area contributed by atoms with Crippen LogP contribution in [-0.2, 0) is 4.74 Å². The van der Waals surface area contributed by atoms with E-state index in [1.807, 2.05) is 0 Å². The molecule has 0 spiro atoms. The average molecular weight is 130 g/mol. The molecular formula is C3H12AlNaO2. The number of ether oxygens (including phenoxy) is 1. The van der Waals surface area contributed by atoms with Crippen molar-refractivity contribution in [2.75, 3.05) is 20.3 Å². The molecule has 1 N–H and O–H groups in total. The first-order valence-corrected chi connectivity index (χ1v) is 1.51. The van der Waals surface area contributed by atoms with Crippen molar-refractivity contribution in [3.63, 3.8) is 0 Å². The van der Waals surface area contributed by atoms with Gasteiger partial charge < -0.3 is 9.84 Å². The zero-order chi connectivity index (χ0) is 4.12. The van der Waals surface area contributed by atoms with E-state index in [9.17, 15) is 0 Å². The van der Waals surface area contributed by atoms with Gasteiger partial charge in [-0.3, -0.25) is 0 Å². The summed E-state index contributed by atoms with van der Waals surface area (Å²) in [6.07, 6.45) is 0. The number of aliphatic hydroxyl groups is 1. The number of aliphatic hydroxyl groups excluding tert-OH is 1. The second-order valence-electron chi connectivity index (χ2n) is 0.716. The molecule has 0 amide bonds. The molecule has 4 heteroatoms. The van der Waals surface area contributed by atoms with Crippen LogP contribution in [0.2, 0.25) is 0 Å². The summed E-state index contributed by atoms with van der Waals surface area (Å²) < 4.78 is 4.44. The first kappa shape index (κ1) is 15.8. The van der Waals surface area contributed by atoms with E-state index >= 15 is 0 Å². The van der Waals surface area contributed by atoms with Gasteiger partial charge in [0, 0.05) is 7.11 Å². The summed E-state index contributed by atoms with van der Waals surface area (Å²) >= 11 is 0. The Balaban J connectivity index is -0.0000000800. The van der Waals surface area contributed by atoms with Crippen LogP contribution in [0.25, 0.3) is 0 Å². The summed E-state index contributed by atoms with van der Waals surface area (Å²) in [5.41, 5.74) is 0. The number of hydrogen-bond acceptors (Lipinski definition) is 2. The van der Waals surface area contributed by atoms with Crippen LogP contribution < -0.4 is 0 Å². The van der Waals surface area contributed by atoms with E-state index in [1.165, 1.54) is 0 Å². The fourth-order valence-corrected chi connectivity index (χ4v) is 0.0913. The maximum atomic E-state index is 7.94. The van der Waals surface area contributed by atoms with Gasteiger partial charge in [-0.25, -0.2) is 0 Å². The van der Waals surface area contributed by atoms with E-state index in [-0.39, 0.29) is 53.5 Å². The Morgan fingerprint density at radius 3 is 2.00 bits per heavy atom. The molecule has 0 aromatic rings. The Hall–Kier alpha value is 1.45. The molecule has 0 aliphatic carbocycles. The molecule has 0 radical (unpaired) electrons. The Labute approximate surface area is 76.7 Å². The van der Waals surface area contributed by atoms with Crippen molar-refractivity contribution in [1.29, 1.82) is 0 Å². The molecule has 40 valence electrons. The van der Waals surface area contributed by atoms with E-state index in [1.54, 1.807) is 7.11 Å². The Morgan fingerprint density at radius 1 is 1.57 bits per heavy atom. The summed E-state index contributed by atoms with van der Waals surface area (Å²) in [7, 11) is 1.55. The number of methoxy groups -OCH3 is 1. The van der Waals surface area contributed by atoms with E-state index in [2.05, 4.69) is 4.74 Å². The zero-order valence-corrected chi connectivity index (χ0v) is 3.27. The molecular weight excluding hydrogens is 118 g/mol. The minimum atomic E-state index is 0. The van der Waals surface area contributed by atoms with Crippen molar-refractivity contribution in [3.8, 4) is 0 Å². The third-order valence-corrected chi connectivity index (χ3v) is 0.295. The number of rotatable bonds is 2. The van der Waals surface area contributed by atoms with Crippen LogP contribution in [0.4, 0.5) is 0 Å². The molecule has 7 heavy (non-hydrogen) atoms. The predicted molar refractivity (Wildman–Crippen MR) is 36.0 cm³/mol. The molecule has 0 aromatic heterocycles. The predicted octanol–water partition coefficient (Wildman–Crippen LogP) is -2.21. The van der Waals surface area contributed by atoms with Crippen LogP contribution in [0.1, 0.15) is 0 Å². The summed E-state index contributed by atoms with van der Waals surface area (Å²) in [6, 6.07) is 0. The Bertz CT molecular complexity index is 20.4. The van der Waals surface area contributed by atoms with Gasteiger partial charge in [0.2, 0.25) is 0 Å². The van der Waals surface area contributed by atoms with Gasteiger partial charge in [-0.2, -0.15) is 0 Å². The van der Waals surface area contributed by atoms with Crippen LogP contribution in [0, 0.1) is 0 Å². The van der Waals surface area contributed by atoms with Crippen LogP contribution >= 0.6 is 0 Å². The van der Waals surface area contributed by atoms with E-state index < -0.39 is 0 Å². The van der Waals surface area contributed by atoms with Gasteiger partial charge in [-0.05, 0) is 0 Å². The average Bonchev–Trinajstić information content (AvgIpc) is 1.41. The van der Waals surface area contributed by atoms with Crippen LogP contribution in [-0.4, -0.2) is 72.3 Å². The van der Waals surface area contributed by atoms with Crippen molar-refractivity contribution >= 4 is 46.9 Å². The SMILES string of the molecule is COCCO.[AlH3].[NaH]. The van der Waals surface area contributed by atoms with Gasteiger partial charge in [0.25, 0.3) is 0 Å². The Morgan fingerprint density at radius 2 is 2.00 bits per heavy atom. The summed E-state index contributed by atoms with van der Waals surface area (Å²) in [5, 5.41) is 7.94. The van der Waals surface area contributed by atoms with Gasteiger partial charge in [-0.15, -0.1) is 0 Å². The molecule has 0 unspecified atom stereocenters. The van der Waals surface area contributed by atoms with Gasteiger partial charge in [-0.1, -0.05) is 0 Å². The molecule has 0 atom stereocenters. The van der Waals surface area contributed by atoms with Crippen molar-refractivity contribution in [3.05, 3.63) is 0 Å². The molecule has 0 fully saturated rings.